The van der Waals surface area contributed by atoms with Gasteiger partial charge in [-0.15, -0.1) is 0 Å². The minimum atomic E-state index is -3.05. The van der Waals surface area contributed by atoms with Crippen LogP contribution < -0.4 is 4.72 Å². The molecule has 0 fully saturated rings. The monoisotopic (exact) mass is 347 g/mol. The fourth-order valence-corrected chi connectivity index (χ4v) is 2.98. The third-order valence-corrected chi connectivity index (χ3v) is 4.15. The number of alkyl halides is 1. The van der Waals surface area contributed by atoms with Gasteiger partial charge >= 0.3 is 0 Å². The van der Waals surface area contributed by atoms with Crippen LogP contribution in [0.5, 0.6) is 0 Å². The molecule has 0 aromatic rings. The van der Waals surface area contributed by atoms with E-state index in [4.69, 9.17) is 0 Å². The van der Waals surface area contributed by atoms with E-state index < -0.39 is 10.0 Å². The van der Waals surface area contributed by atoms with Crippen molar-refractivity contribution in [3.63, 3.8) is 0 Å². The van der Waals surface area contributed by atoms with Crippen LogP contribution in [0.1, 0.15) is 40.0 Å². The van der Waals surface area contributed by atoms with Crippen molar-refractivity contribution in [3.8, 4) is 0 Å². The van der Waals surface area contributed by atoms with Crippen LogP contribution in [0.4, 0.5) is 0 Å². The molecule has 0 aliphatic heterocycles. The van der Waals surface area contributed by atoms with Crippen LogP contribution in [0.2, 0.25) is 0 Å². The second-order valence-corrected chi connectivity index (χ2v) is 7.93. The third-order valence-electron chi connectivity index (χ3n) is 2.00. The highest BCUT2D eigenvalue weighted by molar-refractivity contribution is 14.1. The number of sulfonamides is 1. The Morgan fingerprint density at radius 3 is 2.27 bits per heavy atom. The molecular formula is C10H22INO2S. The van der Waals surface area contributed by atoms with Gasteiger partial charge in [0.25, 0.3) is 0 Å². The van der Waals surface area contributed by atoms with E-state index in [-0.39, 0.29) is 11.2 Å². The zero-order valence-corrected chi connectivity index (χ0v) is 12.8. The van der Waals surface area contributed by atoms with Gasteiger partial charge < -0.3 is 0 Å². The lowest BCUT2D eigenvalue weighted by molar-refractivity contribution is 0.396. The minimum Gasteiger partial charge on any atom is -0.215 e. The van der Waals surface area contributed by atoms with Gasteiger partial charge in [0.1, 0.15) is 0 Å². The van der Waals surface area contributed by atoms with Crippen LogP contribution in [-0.2, 0) is 10.0 Å². The molecule has 0 aromatic heterocycles. The summed E-state index contributed by atoms with van der Waals surface area (Å²) in [4.78, 5) is 0. The maximum absolute atomic E-state index is 11.5. The molecule has 0 spiro atoms. The van der Waals surface area contributed by atoms with Gasteiger partial charge in [-0.05, 0) is 29.1 Å². The van der Waals surface area contributed by atoms with Crippen molar-refractivity contribution in [1.82, 2.24) is 4.72 Å². The number of hydrogen-bond donors (Lipinski definition) is 1. The summed E-state index contributed by atoms with van der Waals surface area (Å²) < 4.78 is 26.8. The Morgan fingerprint density at radius 2 is 1.80 bits per heavy atom. The molecule has 0 amide bonds. The van der Waals surface area contributed by atoms with Crippen LogP contribution in [0.3, 0.4) is 0 Å². The topological polar surface area (TPSA) is 46.2 Å². The summed E-state index contributed by atoms with van der Waals surface area (Å²) in [7, 11) is -3.05. The van der Waals surface area contributed by atoms with Crippen molar-refractivity contribution in [2.24, 2.45) is 5.41 Å². The third kappa shape index (κ3) is 10.9. The van der Waals surface area contributed by atoms with Crippen LogP contribution in [-0.4, -0.2) is 25.1 Å². The smallest absolute Gasteiger partial charge is 0.211 e. The van der Waals surface area contributed by atoms with Crippen LogP contribution in [0.15, 0.2) is 0 Å². The van der Waals surface area contributed by atoms with Crippen LogP contribution >= 0.6 is 22.6 Å². The highest BCUT2D eigenvalue weighted by Gasteiger charge is 2.16. The lowest BCUT2D eigenvalue weighted by Crippen LogP contribution is -2.29. The van der Waals surface area contributed by atoms with Gasteiger partial charge in [-0.1, -0.05) is 43.4 Å². The first-order valence-electron chi connectivity index (χ1n) is 5.30. The predicted octanol–water partition coefficient (Wildman–Crippen LogP) is 2.56. The molecule has 0 heterocycles. The van der Waals surface area contributed by atoms with Gasteiger partial charge in [-0.3, -0.25) is 0 Å². The lowest BCUT2D eigenvalue weighted by Gasteiger charge is -2.17. The van der Waals surface area contributed by atoms with E-state index in [2.05, 4.69) is 48.1 Å². The first-order chi connectivity index (χ1) is 6.77. The summed E-state index contributed by atoms with van der Waals surface area (Å²) in [5, 5.41) is 0. The minimum absolute atomic E-state index is 0.0803. The average Bonchev–Trinajstić information content (AvgIpc) is 2.09. The number of halogens is 1. The molecule has 0 saturated carbocycles. The first kappa shape index (κ1) is 15.6. The first-order valence-corrected chi connectivity index (χ1v) is 8.48. The highest BCUT2D eigenvalue weighted by Crippen LogP contribution is 2.18. The van der Waals surface area contributed by atoms with Crippen molar-refractivity contribution in [2.75, 3.05) is 16.7 Å². The molecule has 0 radical (unpaired) electrons. The number of hydrogen-bond acceptors (Lipinski definition) is 2. The fourth-order valence-electron chi connectivity index (χ4n) is 0.960. The molecule has 0 aliphatic rings. The number of rotatable bonds is 7. The lowest BCUT2D eigenvalue weighted by atomic mass is 9.94. The van der Waals surface area contributed by atoms with Crippen molar-refractivity contribution >= 4 is 32.6 Å². The molecule has 5 heteroatoms. The van der Waals surface area contributed by atoms with Gasteiger partial charge in [0.2, 0.25) is 10.0 Å². The molecule has 3 nitrogen and oxygen atoms in total. The van der Waals surface area contributed by atoms with E-state index in [1.54, 1.807) is 0 Å². The molecule has 0 unspecified atom stereocenters. The summed E-state index contributed by atoms with van der Waals surface area (Å²) in [6.07, 6.45) is 2.70. The van der Waals surface area contributed by atoms with Crippen LogP contribution in [0, 0.1) is 5.41 Å². The summed E-state index contributed by atoms with van der Waals surface area (Å²) in [5.41, 5.74) is 0.0803. The van der Waals surface area contributed by atoms with Crippen molar-refractivity contribution in [2.45, 2.75) is 40.0 Å². The molecule has 0 aromatic carbocycles. The van der Waals surface area contributed by atoms with E-state index >= 15 is 0 Å². The summed E-state index contributed by atoms with van der Waals surface area (Å²) in [5.74, 6) is 0.237. The predicted molar refractivity (Wildman–Crippen MR) is 74.0 cm³/mol. The SMILES string of the molecule is CC(C)(C)CCS(=O)(=O)NCCCCI. The van der Waals surface area contributed by atoms with Gasteiger partial charge in [-0.2, -0.15) is 0 Å². The molecule has 0 rings (SSSR count). The standard InChI is InChI=1S/C10H22INO2S/c1-10(2,3)6-9-15(13,14)12-8-5-4-7-11/h12H,4-9H2,1-3H3. The zero-order valence-electron chi connectivity index (χ0n) is 9.85. The van der Waals surface area contributed by atoms with Gasteiger partial charge in [-0.25, -0.2) is 13.1 Å². The van der Waals surface area contributed by atoms with Gasteiger partial charge in [0.15, 0.2) is 0 Å². The number of unbranched alkanes of at least 4 members (excludes halogenated alkanes) is 1. The molecule has 0 atom stereocenters. The Kier molecular flexibility index (Phi) is 7.36. The fraction of sp³-hybridized carbons (Fsp3) is 1.00. The van der Waals surface area contributed by atoms with Gasteiger partial charge in [0.05, 0.1) is 5.75 Å². The second kappa shape index (κ2) is 7.06. The van der Waals surface area contributed by atoms with E-state index in [9.17, 15) is 8.42 Å². The molecule has 0 bridgehead atoms. The van der Waals surface area contributed by atoms with Crippen molar-refractivity contribution < 1.29 is 8.42 Å². The van der Waals surface area contributed by atoms with E-state index in [0.29, 0.717) is 13.0 Å². The second-order valence-electron chi connectivity index (χ2n) is 4.92. The molecular weight excluding hydrogens is 325 g/mol. The molecule has 1 N–H and O–H groups in total. The Hall–Kier alpha value is 0.640. The highest BCUT2D eigenvalue weighted by atomic mass is 127. The summed E-state index contributed by atoms with van der Waals surface area (Å²) in [6.45, 7) is 6.74. The maximum Gasteiger partial charge on any atom is 0.211 e. The van der Waals surface area contributed by atoms with Gasteiger partial charge in [0, 0.05) is 6.54 Å². The Balaban J connectivity index is 3.78. The normalized spacial score (nSPS) is 13.1. The largest absolute Gasteiger partial charge is 0.215 e. The Morgan fingerprint density at radius 1 is 1.20 bits per heavy atom. The maximum atomic E-state index is 11.5. The molecule has 92 valence electrons. The molecule has 15 heavy (non-hydrogen) atoms. The zero-order chi connectivity index (χ0) is 11.9. The molecule has 0 saturated heterocycles. The summed E-state index contributed by atoms with van der Waals surface area (Å²) in [6, 6.07) is 0. The quantitative estimate of drug-likeness (QED) is 0.437. The van der Waals surface area contributed by atoms with E-state index in [1.165, 1.54) is 0 Å². The van der Waals surface area contributed by atoms with Crippen molar-refractivity contribution in [1.29, 1.82) is 0 Å². The summed E-state index contributed by atoms with van der Waals surface area (Å²) >= 11 is 2.30. The number of nitrogens with one attached hydrogen (secondary N) is 1. The van der Waals surface area contributed by atoms with Crippen molar-refractivity contribution in [3.05, 3.63) is 0 Å². The average molecular weight is 347 g/mol. The Bertz CT molecular complexity index is 257. The van der Waals surface area contributed by atoms with E-state index in [0.717, 1.165) is 17.3 Å². The molecule has 0 aliphatic carbocycles. The van der Waals surface area contributed by atoms with E-state index in [1.807, 2.05) is 0 Å². The van der Waals surface area contributed by atoms with Crippen LogP contribution in [0.25, 0.3) is 0 Å². The Labute approximate surface area is 108 Å².